The molecule has 0 saturated carbocycles. The number of hydrogen-bond acceptors (Lipinski definition) is 2. The van der Waals surface area contributed by atoms with E-state index in [1.165, 1.54) is 0 Å². The van der Waals surface area contributed by atoms with E-state index in [-0.39, 0.29) is 10.7 Å². The fourth-order valence-corrected chi connectivity index (χ4v) is 1.87. The molecular weight excluding hydrogens is 325 g/mol. The number of halogens is 4. The smallest absolute Gasteiger partial charge is 0.151 e. The van der Waals surface area contributed by atoms with Gasteiger partial charge in [-0.2, -0.15) is 0 Å². The highest BCUT2D eigenvalue weighted by molar-refractivity contribution is 9.10. The summed E-state index contributed by atoms with van der Waals surface area (Å²) in [5.74, 6) is -1.05. The van der Waals surface area contributed by atoms with Crippen LogP contribution < -0.4 is 5.32 Å². The van der Waals surface area contributed by atoms with Crippen molar-refractivity contribution in [3.05, 3.63) is 51.1 Å². The van der Waals surface area contributed by atoms with Crippen molar-refractivity contribution in [2.75, 3.05) is 5.32 Å². The van der Waals surface area contributed by atoms with Gasteiger partial charge in [-0.25, -0.2) is 13.8 Å². The lowest BCUT2D eigenvalue weighted by molar-refractivity contribution is 0.586. The molecule has 0 aliphatic carbocycles. The summed E-state index contributed by atoms with van der Waals surface area (Å²) in [4.78, 5) is 4.20. The van der Waals surface area contributed by atoms with E-state index >= 15 is 0 Å². The van der Waals surface area contributed by atoms with E-state index in [2.05, 4.69) is 26.2 Å². The number of rotatable bonds is 2. The van der Waals surface area contributed by atoms with Crippen LogP contribution in [0.1, 0.15) is 5.69 Å². The number of nitrogens with zero attached hydrogens (tertiary/aromatic N) is 1. The first-order valence-corrected chi connectivity index (χ1v) is 6.19. The van der Waals surface area contributed by atoms with E-state index in [4.69, 9.17) is 11.6 Å². The van der Waals surface area contributed by atoms with Gasteiger partial charge in [-0.3, -0.25) is 0 Å². The van der Waals surface area contributed by atoms with E-state index in [9.17, 15) is 8.78 Å². The summed E-state index contributed by atoms with van der Waals surface area (Å²) in [6, 6.07) is 5.24. The minimum absolute atomic E-state index is 0.00675. The third kappa shape index (κ3) is 2.79. The lowest BCUT2D eigenvalue weighted by Crippen LogP contribution is -1.99. The van der Waals surface area contributed by atoms with Crippen LogP contribution >= 0.6 is 27.5 Å². The molecule has 0 bridgehead atoms. The SMILES string of the molecule is Cc1nc(Nc2c(F)cc(F)cc2Cl)ccc1Br. The highest BCUT2D eigenvalue weighted by Gasteiger charge is 2.11. The number of anilines is 2. The van der Waals surface area contributed by atoms with Crippen molar-refractivity contribution in [3.8, 4) is 0 Å². The molecule has 0 aliphatic rings. The maximum Gasteiger partial charge on any atom is 0.151 e. The first-order chi connectivity index (χ1) is 8.47. The van der Waals surface area contributed by atoms with Gasteiger partial charge in [0.25, 0.3) is 0 Å². The van der Waals surface area contributed by atoms with Gasteiger partial charge in [0.15, 0.2) is 5.82 Å². The van der Waals surface area contributed by atoms with Crippen LogP contribution in [0.5, 0.6) is 0 Å². The Hall–Kier alpha value is -1.20. The molecular formula is C12H8BrClF2N2. The van der Waals surface area contributed by atoms with Gasteiger partial charge in [-0.15, -0.1) is 0 Å². The lowest BCUT2D eigenvalue weighted by atomic mass is 10.3. The van der Waals surface area contributed by atoms with Gasteiger partial charge in [-0.1, -0.05) is 11.6 Å². The molecule has 2 aromatic rings. The van der Waals surface area contributed by atoms with Gasteiger partial charge >= 0.3 is 0 Å². The number of pyridine rings is 1. The molecule has 0 fully saturated rings. The van der Waals surface area contributed by atoms with E-state index in [0.29, 0.717) is 5.82 Å². The molecule has 0 unspecified atom stereocenters. The Morgan fingerprint density at radius 1 is 1.28 bits per heavy atom. The molecule has 0 aliphatic heterocycles. The van der Waals surface area contributed by atoms with Crippen molar-refractivity contribution in [2.24, 2.45) is 0 Å². The molecule has 0 radical (unpaired) electrons. The molecule has 0 amide bonds. The normalized spacial score (nSPS) is 10.5. The summed E-state index contributed by atoms with van der Waals surface area (Å²) < 4.78 is 27.3. The highest BCUT2D eigenvalue weighted by Crippen LogP contribution is 2.29. The number of aromatic nitrogens is 1. The standard InChI is InChI=1S/C12H8BrClF2N2/c1-6-8(13)2-3-11(17-6)18-12-9(14)4-7(15)5-10(12)16/h2-5H,1H3,(H,17,18). The molecule has 1 heterocycles. The third-order valence-electron chi connectivity index (χ3n) is 2.28. The number of benzene rings is 1. The summed E-state index contributed by atoms with van der Waals surface area (Å²) >= 11 is 9.09. The maximum atomic E-state index is 13.6. The second kappa shape index (κ2) is 5.20. The topological polar surface area (TPSA) is 24.9 Å². The molecule has 1 aromatic carbocycles. The van der Waals surface area contributed by atoms with Crippen LogP contribution in [0.15, 0.2) is 28.7 Å². The second-order valence-corrected chi connectivity index (χ2v) is 4.89. The zero-order valence-corrected chi connectivity index (χ0v) is 11.6. The van der Waals surface area contributed by atoms with Crippen molar-refractivity contribution in [1.29, 1.82) is 0 Å². The first kappa shape index (κ1) is 13.2. The predicted molar refractivity (Wildman–Crippen MR) is 71.3 cm³/mol. The number of aryl methyl sites for hydroxylation is 1. The summed E-state index contributed by atoms with van der Waals surface area (Å²) in [6.45, 7) is 1.80. The zero-order chi connectivity index (χ0) is 13.3. The van der Waals surface area contributed by atoms with Crippen molar-refractivity contribution >= 4 is 39.0 Å². The molecule has 0 saturated heterocycles. The van der Waals surface area contributed by atoms with Crippen molar-refractivity contribution < 1.29 is 8.78 Å². The Balaban J connectivity index is 2.37. The average molecular weight is 334 g/mol. The molecule has 0 spiro atoms. The molecule has 0 atom stereocenters. The molecule has 18 heavy (non-hydrogen) atoms. The van der Waals surface area contributed by atoms with Crippen LogP contribution in [-0.2, 0) is 0 Å². The summed E-state index contributed by atoms with van der Waals surface area (Å²) in [5, 5.41) is 2.70. The Morgan fingerprint density at radius 2 is 2.00 bits per heavy atom. The van der Waals surface area contributed by atoms with E-state index in [1.54, 1.807) is 19.1 Å². The fraction of sp³-hybridized carbons (Fsp3) is 0.0833. The Labute approximate surface area is 116 Å². The predicted octanol–water partition coefficient (Wildman–Crippen LogP) is 4.83. The minimum Gasteiger partial charge on any atom is -0.337 e. The van der Waals surface area contributed by atoms with E-state index in [1.807, 2.05) is 0 Å². The lowest BCUT2D eigenvalue weighted by Gasteiger charge is -2.10. The van der Waals surface area contributed by atoms with Crippen LogP contribution in [-0.4, -0.2) is 4.98 Å². The fourth-order valence-electron chi connectivity index (χ4n) is 1.40. The first-order valence-electron chi connectivity index (χ1n) is 5.02. The van der Waals surface area contributed by atoms with Gasteiger partial charge in [0.1, 0.15) is 11.6 Å². The summed E-state index contributed by atoms with van der Waals surface area (Å²) in [6.07, 6.45) is 0. The molecule has 6 heteroatoms. The molecule has 2 rings (SSSR count). The number of hydrogen-bond donors (Lipinski definition) is 1. The largest absolute Gasteiger partial charge is 0.337 e. The van der Waals surface area contributed by atoms with Crippen LogP contribution in [0.25, 0.3) is 0 Å². The van der Waals surface area contributed by atoms with Crippen LogP contribution in [0, 0.1) is 18.6 Å². The van der Waals surface area contributed by atoms with Gasteiger partial charge in [0.05, 0.1) is 16.4 Å². The molecule has 94 valence electrons. The maximum absolute atomic E-state index is 13.6. The monoisotopic (exact) mass is 332 g/mol. The van der Waals surface area contributed by atoms with Gasteiger partial charge in [-0.05, 0) is 41.1 Å². The van der Waals surface area contributed by atoms with Crippen molar-refractivity contribution in [1.82, 2.24) is 4.98 Å². The molecule has 1 N–H and O–H groups in total. The van der Waals surface area contributed by atoms with Crippen LogP contribution in [0.3, 0.4) is 0 Å². The van der Waals surface area contributed by atoms with Crippen molar-refractivity contribution in [3.63, 3.8) is 0 Å². The van der Waals surface area contributed by atoms with Gasteiger partial charge in [0, 0.05) is 10.5 Å². The molecule has 2 nitrogen and oxygen atoms in total. The summed E-state index contributed by atoms with van der Waals surface area (Å²) in [5.41, 5.74) is 0.755. The van der Waals surface area contributed by atoms with E-state index in [0.717, 1.165) is 22.3 Å². The summed E-state index contributed by atoms with van der Waals surface area (Å²) in [7, 11) is 0. The minimum atomic E-state index is -0.762. The highest BCUT2D eigenvalue weighted by atomic mass is 79.9. The Kier molecular flexibility index (Phi) is 3.82. The zero-order valence-electron chi connectivity index (χ0n) is 9.27. The third-order valence-corrected chi connectivity index (χ3v) is 3.42. The van der Waals surface area contributed by atoms with Crippen LogP contribution in [0.4, 0.5) is 20.3 Å². The van der Waals surface area contributed by atoms with Gasteiger partial charge < -0.3 is 5.32 Å². The number of nitrogens with one attached hydrogen (secondary N) is 1. The molecule has 1 aromatic heterocycles. The Morgan fingerprint density at radius 3 is 2.61 bits per heavy atom. The average Bonchev–Trinajstić information content (AvgIpc) is 2.28. The van der Waals surface area contributed by atoms with Crippen molar-refractivity contribution in [2.45, 2.75) is 6.92 Å². The Bertz CT molecular complexity index is 582. The van der Waals surface area contributed by atoms with Gasteiger partial charge in [0.2, 0.25) is 0 Å². The van der Waals surface area contributed by atoms with E-state index < -0.39 is 11.6 Å². The van der Waals surface area contributed by atoms with Crippen LogP contribution in [0.2, 0.25) is 5.02 Å². The second-order valence-electron chi connectivity index (χ2n) is 3.63. The quantitative estimate of drug-likeness (QED) is 0.851.